The van der Waals surface area contributed by atoms with Crippen LogP contribution in [0.1, 0.15) is 54.0 Å². The first-order chi connectivity index (χ1) is 17.7. The van der Waals surface area contributed by atoms with E-state index in [9.17, 15) is 9.59 Å². The van der Waals surface area contributed by atoms with Crippen LogP contribution in [0.4, 0.5) is 26.9 Å². The summed E-state index contributed by atoms with van der Waals surface area (Å²) in [4.78, 5) is 42.4. The monoisotopic (exact) mass is 523 g/mol. The zero-order chi connectivity index (χ0) is 27.8. The highest BCUT2D eigenvalue weighted by atomic mass is 16.6. The molecule has 1 aliphatic rings. The standard InChI is InChI=1S/C27H37N7O4/c1-9-17-10-23(29-12-19(17)31-22-11-21-20(13-28-22)30-16-32(21)8)33-14-18(15-33)34(24(35)37-26(2,3)4)25(36)38-27(5,6)7/h10-13,16,18H,9,14-15H2,1-8H3,(H,28,31). The maximum Gasteiger partial charge on any atom is 0.420 e. The number of nitrogens with zero attached hydrogens (tertiary/aromatic N) is 6. The number of aryl methyl sites for hydroxylation is 2. The molecule has 0 aromatic carbocycles. The summed E-state index contributed by atoms with van der Waals surface area (Å²) in [5.41, 5.74) is 2.28. The van der Waals surface area contributed by atoms with Gasteiger partial charge in [0.05, 0.1) is 36.0 Å². The summed E-state index contributed by atoms with van der Waals surface area (Å²) in [6, 6.07) is 3.59. The van der Waals surface area contributed by atoms with Crippen molar-refractivity contribution in [1.29, 1.82) is 0 Å². The van der Waals surface area contributed by atoms with Crippen molar-refractivity contribution in [2.24, 2.45) is 7.05 Å². The number of aromatic nitrogens is 4. The first kappa shape index (κ1) is 27.2. The average Bonchev–Trinajstić information content (AvgIpc) is 3.14. The molecule has 2 amide bonds. The lowest BCUT2D eigenvalue weighted by molar-refractivity contribution is -0.00983. The molecule has 11 heteroatoms. The third-order valence-electron chi connectivity index (χ3n) is 5.96. The SMILES string of the molecule is CCc1cc(N2CC(N(C(=O)OC(C)(C)C)C(=O)OC(C)(C)C)C2)ncc1Nc1cc2c(cn1)ncn2C. The first-order valence-electron chi connectivity index (χ1n) is 12.8. The molecule has 1 aliphatic heterocycles. The van der Waals surface area contributed by atoms with Crippen LogP contribution in [-0.4, -0.2) is 66.9 Å². The Kier molecular flexibility index (Phi) is 7.22. The predicted molar refractivity (Wildman–Crippen MR) is 146 cm³/mol. The molecule has 0 spiro atoms. The Morgan fingerprint density at radius 3 is 2.21 bits per heavy atom. The number of hydrogen-bond donors (Lipinski definition) is 1. The lowest BCUT2D eigenvalue weighted by atomic mass is 10.1. The second-order valence-corrected chi connectivity index (χ2v) is 11.5. The minimum atomic E-state index is -0.739. The van der Waals surface area contributed by atoms with Crippen LogP contribution < -0.4 is 10.2 Å². The van der Waals surface area contributed by atoms with Gasteiger partial charge in [0.2, 0.25) is 0 Å². The van der Waals surface area contributed by atoms with E-state index in [-0.39, 0.29) is 6.04 Å². The Morgan fingerprint density at radius 2 is 1.63 bits per heavy atom. The predicted octanol–water partition coefficient (Wildman–Crippen LogP) is 5.03. The molecule has 3 aromatic rings. The maximum absolute atomic E-state index is 12.9. The molecule has 204 valence electrons. The Bertz CT molecular complexity index is 1310. The molecule has 0 atom stereocenters. The van der Waals surface area contributed by atoms with Gasteiger partial charge in [-0.2, -0.15) is 0 Å². The summed E-state index contributed by atoms with van der Waals surface area (Å²) in [5.74, 6) is 1.48. The number of carbonyl (C=O) groups is 2. The molecular weight excluding hydrogens is 486 g/mol. The van der Waals surface area contributed by atoms with E-state index in [1.54, 1.807) is 60.3 Å². The van der Waals surface area contributed by atoms with Crippen molar-refractivity contribution < 1.29 is 19.1 Å². The summed E-state index contributed by atoms with van der Waals surface area (Å²) in [5, 5.41) is 3.37. The number of imidazole rings is 1. The number of ether oxygens (including phenoxy) is 2. The van der Waals surface area contributed by atoms with Crippen molar-refractivity contribution in [3.05, 3.63) is 36.4 Å². The number of pyridine rings is 2. The normalized spacial score (nSPS) is 14.3. The molecule has 1 fully saturated rings. The molecule has 4 rings (SSSR count). The minimum Gasteiger partial charge on any atom is -0.443 e. The highest BCUT2D eigenvalue weighted by molar-refractivity contribution is 5.89. The topological polar surface area (TPSA) is 115 Å². The third kappa shape index (κ3) is 6.15. The quantitative estimate of drug-likeness (QED) is 0.492. The highest BCUT2D eigenvalue weighted by Crippen LogP contribution is 2.29. The van der Waals surface area contributed by atoms with Gasteiger partial charge >= 0.3 is 12.2 Å². The van der Waals surface area contributed by atoms with Gasteiger partial charge in [0.25, 0.3) is 0 Å². The van der Waals surface area contributed by atoms with Crippen LogP contribution >= 0.6 is 0 Å². The molecule has 38 heavy (non-hydrogen) atoms. The van der Waals surface area contributed by atoms with E-state index in [1.165, 1.54) is 0 Å². The second kappa shape index (κ2) is 10.1. The summed E-state index contributed by atoms with van der Waals surface area (Å²) >= 11 is 0. The van der Waals surface area contributed by atoms with Crippen molar-refractivity contribution in [1.82, 2.24) is 24.4 Å². The number of amides is 2. The van der Waals surface area contributed by atoms with Gasteiger partial charge in [-0.05, 0) is 59.6 Å². The molecular formula is C27H37N7O4. The van der Waals surface area contributed by atoms with Crippen LogP contribution in [0.5, 0.6) is 0 Å². The van der Waals surface area contributed by atoms with Crippen molar-refractivity contribution in [2.75, 3.05) is 23.3 Å². The van der Waals surface area contributed by atoms with Crippen LogP contribution in [0.3, 0.4) is 0 Å². The molecule has 0 unspecified atom stereocenters. The highest BCUT2D eigenvalue weighted by Gasteiger charge is 2.43. The van der Waals surface area contributed by atoms with Crippen LogP contribution in [-0.2, 0) is 22.9 Å². The Morgan fingerprint density at radius 1 is 1.00 bits per heavy atom. The lowest BCUT2D eigenvalue weighted by Gasteiger charge is -2.45. The fraction of sp³-hybridized carbons (Fsp3) is 0.519. The van der Waals surface area contributed by atoms with Gasteiger partial charge in [0.15, 0.2) is 0 Å². The van der Waals surface area contributed by atoms with Crippen LogP contribution in [0.15, 0.2) is 30.9 Å². The summed E-state index contributed by atoms with van der Waals surface area (Å²) in [6.07, 6.45) is 4.65. The van der Waals surface area contributed by atoms with E-state index < -0.39 is 23.4 Å². The molecule has 11 nitrogen and oxygen atoms in total. The lowest BCUT2D eigenvalue weighted by Crippen LogP contribution is -2.63. The molecule has 4 heterocycles. The number of imide groups is 1. The van der Waals surface area contributed by atoms with Crippen LogP contribution in [0, 0.1) is 0 Å². The fourth-order valence-corrected chi connectivity index (χ4v) is 4.10. The van der Waals surface area contributed by atoms with Crippen molar-refractivity contribution >= 4 is 40.5 Å². The van der Waals surface area contributed by atoms with E-state index in [0.29, 0.717) is 18.9 Å². The van der Waals surface area contributed by atoms with E-state index in [1.807, 2.05) is 28.6 Å². The molecule has 0 saturated carbocycles. The number of rotatable bonds is 5. The Hall–Kier alpha value is -3.89. The van der Waals surface area contributed by atoms with Gasteiger partial charge in [-0.25, -0.2) is 29.4 Å². The number of carbonyl (C=O) groups excluding carboxylic acids is 2. The molecule has 1 saturated heterocycles. The first-order valence-corrected chi connectivity index (χ1v) is 12.8. The smallest absolute Gasteiger partial charge is 0.420 e. The zero-order valence-corrected chi connectivity index (χ0v) is 23.4. The maximum atomic E-state index is 12.9. The van der Waals surface area contributed by atoms with Gasteiger partial charge in [0, 0.05) is 26.2 Å². The summed E-state index contributed by atoms with van der Waals surface area (Å²) in [7, 11) is 1.94. The number of anilines is 3. The van der Waals surface area contributed by atoms with Crippen molar-refractivity contribution in [2.45, 2.75) is 72.1 Å². The minimum absolute atomic E-state index is 0.390. The fourth-order valence-electron chi connectivity index (χ4n) is 4.10. The van der Waals surface area contributed by atoms with Crippen LogP contribution in [0.25, 0.3) is 11.0 Å². The summed E-state index contributed by atoms with van der Waals surface area (Å²) < 4.78 is 13.0. The largest absolute Gasteiger partial charge is 0.443 e. The van der Waals surface area contributed by atoms with E-state index in [0.717, 1.165) is 39.4 Å². The number of hydrogen-bond acceptors (Lipinski definition) is 9. The van der Waals surface area contributed by atoms with Gasteiger partial charge in [-0.15, -0.1) is 0 Å². The third-order valence-corrected chi connectivity index (χ3v) is 5.96. The number of fused-ring (bicyclic) bond motifs is 1. The molecule has 0 radical (unpaired) electrons. The van der Waals surface area contributed by atoms with Gasteiger partial charge < -0.3 is 24.3 Å². The molecule has 1 N–H and O–H groups in total. The number of nitrogens with one attached hydrogen (secondary N) is 1. The van der Waals surface area contributed by atoms with Crippen LogP contribution in [0.2, 0.25) is 0 Å². The molecule has 0 aliphatic carbocycles. The van der Waals surface area contributed by atoms with Crippen molar-refractivity contribution in [3.8, 4) is 0 Å². The second-order valence-electron chi connectivity index (χ2n) is 11.5. The van der Waals surface area contributed by atoms with Gasteiger partial charge in [-0.1, -0.05) is 6.92 Å². The Balaban J connectivity index is 1.48. The average molecular weight is 524 g/mol. The van der Waals surface area contributed by atoms with E-state index >= 15 is 0 Å². The van der Waals surface area contributed by atoms with Gasteiger partial charge in [0.1, 0.15) is 28.4 Å². The van der Waals surface area contributed by atoms with E-state index in [2.05, 4.69) is 27.2 Å². The molecule has 3 aromatic heterocycles. The van der Waals surface area contributed by atoms with E-state index in [4.69, 9.17) is 9.47 Å². The Labute approximate surface area is 223 Å². The summed E-state index contributed by atoms with van der Waals surface area (Å²) in [6.45, 7) is 13.5. The van der Waals surface area contributed by atoms with Crippen molar-refractivity contribution in [3.63, 3.8) is 0 Å². The molecule has 0 bridgehead atoms. The zero-order valence-electron chi connectivity index (χ0n) is 23.4. The van der Waals surface area contributed by atoms with Gasteiger partial charge in [-0.3, -0.25) is 0 Å².